The highest BCUT2D eigenvalue weighted by atomic mass is 79.9. The number of rotatable bonds is 9. The Bertz CT molecular complexity index is 738. The van der Waals surface area contributed by atoms with E-state index in [1.807, 2.05) is 20.8 Å². The molecule has 29 heavy (non-hydrogen) atoms. The summed E-state index contributed by atoms with van der Waals surface area (Å²) in [4.78, 5) is 39.0. The lowest BCUT2D eigenvalue weighted by atomic mass is 10.1. The Morgan fingerprint density at radius 3 is 2.72 bits per heavy atom. The largest absolute Gasteiger partial charge is 0.492 e. The number of nitrogens with zero attached hydrogens (tertiary/aromatic N) is 1. The van der Waals surface area contributed by atoms with Gasteiger partial charge < -0.3 is 19.7 Å². The van der Waals surface area contributed by atoms with E-state index >= 15 is 0 Å². The van der Waals surface area contributed by atoms with Crippen molar-refractivity contribution in [3.05, 3.63) is 28.2 Å². The number of amides is 2. The van der Waals surface area contributed by atoms with Gasteiger partial charge in [0.2, 0.25) is 5.91 Å². The van der Waals surface area contributed by atoms with Crippen LogP contribution in [0.15, 0.2) is 22.7 Å². The van der Waals surface area contributed by atoms with Crippen molar-refractivity contribution in [2.45, 2.75) is 46.1 Å². The van der Waals surface area contributed by atoms with E-state index in [9.17, 15) is 14.4 Å². The van der Waals surface area contributed by atoms with Gasteiger partial charge in [-0.2, -0.15) is 0 Å². The average Bonchev–Trinajstić information content (AvgIpc) is 2.67. The molecule has 1 aromatic carbocycles. The third kappa shape index (κ3) is 6.73. The normalized spacial score (nSPS) is 16.5. The molecule has 0 bridgehead atoms. The van der Waals surface area contributed by atoms with Gasteiger partial charge in [0, 0.05) is 18.7 Å². The van der Waals surface area contributed by atoms with Crippen LogP contribution >= 0.6 is 15.9 Å². The summed E-state index contributed by atoms with van der Waals surface area (Å²) >= 11 is 3.43. The Labute approximate surface area is 180 Å². The molecule has 8 heteroatoms. The fraction of sp³-hybridized carbons (Fsp3) is 0.571. The van der Waals surface area contributed by atoms with Crippen molar-refractivity contribution in [3.8, 4) is 5.75 Å². The van der Waals surface area contributed by atoms with Crippen LogP contribution in [0.5, 0.6) is 5.75 Å². The second-order valence-corrected chi connectivity index (χ2v) is 8.26. The second kappa shape index (κ2) is 11.2. The lowest BCUT2D eigenvalue weighted by Crippen LogP contribution is -2.57. The minimum atomic E-state index is -0.877. The van der Waals surface area contributed by atoms with Crippen LogP contribution in [0.2, 0.25) is 0 Å². The number of esters is 1. The summed E-state index contributed by atoms with van der Waals surface area (Å²) in [6, 6.07) is 4.20. The zero-order chi connectivity index (χ0) is 21.4. The number of halogens is 1. The number of carbonyl (C=O) groups excluding carboxylic acids is 3. The highest BCUT2D eigenvalue weighted by molar-refractivity contribution is 9.10. The average molecular weight is 469 g/mol. The number of ether oxygens (including phenoxy) is 2. The minimum Gasteiger partial charge on any atom is -0.492 e. The van der Waals surface area contributed by atoms with E-state index in [0.717, 1.165) is 12.8 Å². The van der Waals surface area contributed by atoms with Crippen LogP contribution in [0.25, 0.3) is 0 Å². The predicted molar refractivity (Wildman–Crippen MR) is 113 cm³/mol. The molecule has 1 aliphatic rings. The van der Waals surface area contributed by atoms with E-state index in [1.165, 1.54) is 4.90 Å². The fourth-order valence-electron chi connectivity index (χ4n) is 2.91. The molecule has 1 heterocycles. The topological polar surface area (TPSA) is 84.9 Å². The Morgan fingerprint density at radius 2 is 2.07 bits per heavy atom. The van der Waals surface area contributed by atoms with Crippen molar-refractivity contribution < 1.29 is 23.9 Å². The molecule has 0 saturated carbocycles. The van der Waals surface area contributed by atoms with Crippen LogP contribution in [-0.2, 0) is 14.3 Å². The van der Waals surface area contributed by atoms with E-state index in [0.29, 0.717) is 48.0 Å². The van der Waals surface area contributed by atoms with Gasteiger partial charge in [-0.15, -0.1) is 0 Å². The Balaban J connectivity index is 2.08. The highest BCUT2D eigenvalue weighted by Gasteiger charge is 2.35. The molecular formula is C21H29BrN2O5. The predicted octanol–water partition coefficient (Wildman–Crippen LogP) is 3.16. The van der Waals surface area contributed by atoms with Crippen LogP contribution in [0.1, 0.15) is 50.4 Å². The van der Waals surface area contributed by atoms with E-state index in [-0.39, 0.29) is 18.2 Å². The van der Waals surface area contributed by atoms with Gasteiger partial charge >= 0.3 is 5.97 Å². The standard InChI is InChI=1S/C21H29BrN2O5/c1-4-10-28-18-6-5-15(12-16(18)22)21(27)24-9-8-23-20(26)17(24)13-19(25)29-11-7-14(2)3/h5-6,12,14,17H,4,7-11,13H2,1-3H3,(H,23,26). The molecule has 1 fully saturated rings. The van der Waals surface area contributed by atoms with Gasteiger partial charge in [-0.3, -0.25) is 14.4 Å². The second-order valence-electron chi connectivity index (χ2n) is 7.41. The molecule has 0 aromatic heterocycles. The van der Waals surface area contributed by atoms with E-state index < -0.39 is 12.0 Å². The fourth-order valence-corrected chi connectivity index (χ4v) is 3.41. The molecule has 1 saturated heterocycles. The van der Waals surface area contributed by atoms with Crippen molar-refractivity contribution in [2.75, 3.05) is 26.3 Å². The monoisotopic (exact) mass is 468 g/mol. The molecule has 1 N–H and O–H groups in total. The SMILES string of the molecule is CCCOc1ccc(C(=O)N2CCNC(=O)C2CC(=O)OCCC(C)C)cc1Br. The van der Waals surface area contributed by atoms with Crippen molar-refractivity contribution in [2.24, 2.45) is 5.92 Å². The maximum atomic E-state index is 13.1. The van der Waals surface area contributed by atoms with Gasteiger partial charge in [-0.25, -0.2) is 0 Å². The van der Waals surface area contributed by atoms with Crippen LogP contribution in [0, 0.1) is 5.92 Å². The Kier molecular flexibility index (Phi) is 8.95. The van der Waals surface area contributed by atoms with Gasteiger partial charge in [0.1, 0.15) is 11.8 Å². The van der Waals surface area contributed by atoms with Crippen LogP contribution in [-0.4, -0.2) is 55.0 Å². The molecule has 1 atom stereocenters. The molecule has 0 aliphatic carbocycles. The summed E-state index contributed by atoms with van der Waals surface area (Å²) in [6.07, 6.45) is 1.48. The summed E-state index contributed by atoms with van der Waals surface area (Å²) in [5, 5.41) is 2.72. The molecule has 0 spiro atoms. The van der Waals surface area contributed by atoms with Gasteiger partial charge in [-0.1, -0.05) is 20.8 Å². The maximum Gasteiger partial charge on any atom is 0.308 e. The van der Waals surface area contributed by atoms with Gasteiger partial charge in [0.15, 0.2) is 0 Å². The molecule has 1 aliphatic heterocycles. The van der Waals surface area contributed by atoms with Crippen molar-refractivity contribution >= 4 is 33.7 Å². The first-order chi connectivity index (χ1) is 13.8. The summed E-state index contributed by atoms with van der Waals surface area (Å²) in [5.41, 5.74) is 0.425. The van der Waals surface area contributed by atoms with Crippen LogP contribution in [0.3, 0.4) is 0 Å². The number of piperazine rings is 1. The molecule has 1 unspecified atom stereocenters. The number of carbonyl (C=O) groups is 3. The minimum absolute atomic E-state index is 0.158. The summed E-state index contributed by atoms with van der Waals surface area (Å²) in [5.74, 6) is -0.0448. The number of nitrogens with one attached hydrogen (secondary N) is 1. The third-order valence-corrected chi connectivity index (χ3v) is 5.17. The summed E-state index contributed by atoms with van der Waals surface area (Å²) < 4.78 is 11.5. The molecule has 7 nitrogen and oxygen atoms in total. The first-order valence-corrected chi connectivity index (χ1v) is 10.8. The summed E-state index contributed by atoms with van der Waals surface area (Å²) in [7, 11) is 0. The number of benzene rings is 1. The lowest BCUT2D eigenvalue weighted by molar-refractivity contribution is -0.148. The van der Waals surface area contributed by atoms with Gasteiger partial charge in [0.25, 0.3) is 5.91 Å². The Morgan fingerprint density at radius 1 is 1.31 bits per heavy atom. The summed E-state index contributed by atoms with van der Waals surface area (Å²) in [6.45, 7) is 7.67. The third-order valence-electron chi connectivity index (χ3n) is 4.55. The van der Waals surface area contributed by atoms with E-state index in [4.69, 9.17) is 9.47 Å². The molecule has 160 valence electrons. The van der Waals surface area contributed by atoms with Crippen LogP contribution < -0.4 is 10.1 Å². The molecule has 1 aromatic rings. The lowest BCUT2D eigenvalue weighted by Gasteiger charge is -2.34. The molecule has 2 amide bonds. The van der Waals surface area contributed by atoms with Crippen LogP contribution in [0.4, 0.5) is 0 Å². The molecular weight excluding hydrogens is 440 g/mol. The van der Waals surface area contributed by atoms with Gasteiger partial charge in [0.05, 0.1) is 24.1 Å². The van der Waals surface area contributed by atoms with Crippen molar-refractivity contribution in [3.63, 3.8) is 0 Å². The number of hydrogen-bond acceptors (Lipinski definition) is 5. The smallest absolute Gasteiger partial charge is 0.308 e. The van der Waals surface area contributed by atoms with E-state index in [2.05, 4.69) is 21.2 Å². The zero-order valence-electron chi connectivity index (χ0n) is 17.2. The van der Waals surface area contributed by atoms with Gasteiger partial charge in [-0.05, 0) is 52.9 Å². The Hall–Kier alpha value is -2.09. The van der Waals surface area contributed by atoms with Crippen molar-refractivity contribution in [1.29, 1.82) is 0 Å². The molecule has 0 radical (unpaired) electrons. The number of hydrogen-bond donors (Lipinski definition) is 1. The maximum absolute atomic E-state index is 13.1. The first kappa shape index (κ1) is 23.2. The highest BCUT2D eigenvalue weighted by Crippen LogP contribution is 2.27. The first-order valence-electron chi connectivity index (χ1n) is 10.00. The van der Waals surface area contributed by atoms with Crippen molar-refractivity contribution in [1.82, 2.24) is 10.2 Å². The zero-order valence-corrected chi connectivity index (χ0v) is 18.8. The van der Waals surface area contributed by atoms with E-state index in [1.54, 1.807) is 18.2 Å². The molecule has 2 rings (SSSR count). The quantitative estimate of drug-likeness (QED) is 0.562.